The van der Waals surface area contributed by atoms with Gasteiger partial charge < -0.3 is 10.0 Å². The van der Waals surface area contributed by atoms with Crippen molar-refractivity contribution in [2.75, 3.05) is 13.1 Å². The van der Waals surface area contributed by atoms with E-state index in [1.807, 2.05) is 0 Å². The Balaban J connectivity index is 1.49. The van der Waals surface area contributed by atoms with Gasteiger partial charge in [-0.3, -0.25) is 4.79 Å². The summed E-state index contributed by atoms with van der Waals surface area (Å²) in [6.45, 7) is 0.494. The van der Waals surface area contributed by atoms with E-state index in [0.717, 1.165) is 18.5 Å². The Hall–Kier alpha value is -1.64. The van der Waals surface area contributed by atoms with Crippen molar-refractivity contribution in [2.24, 2.45) is 5.92 Å². The largest absolute Gasteiger partial charge is 0.414 e. The third kappa shape index (κ3) is 3.82. The normalized spacial score (nSPS) is 21.5. The van der Waals surface area contributed by atoms with Gasteiger partial charge in [0.25, 0.3) is 0 Å². The van der Waals surface area contributed by atoms with Gasteiger partial charge in [-0.05, 0) is 31.6 Å². The zero-order valence-corrected chi connectivity index (χ0v) is 12.5. The number of likely N-dealkylation sites (tertiary alicyclic amines) is 1. The summed E-state index contributed by atoms with van der Waals surface area (Å²) in [7, 11) is 0. The summed E-state index contributed by atoms with van der Waals surface area (Å²) >= 11 is 0. The number of alkyl halides is 3. The molecular weight excluding hydrogens is 313 g/mol. The molecule has 0 bridgehead atoms. The van der Waals surface area contributed by atoms with Gasteiger partial charge in [0, 0.05) is 25.2 Å². The van der Waals surface area contributed by atoms with Crippen LogP contribution in [0.2, 0.25) is 0 Å². The topological polar surface area (TPSA) is 71.2 Å². The van der Waals surface area contributed by atoms with Gasteiger partial charge in [0.2, 0.25) is 5.91 Å². The van der Waals surface area contributed by atoms with Crippen molar-refractivity contribution in [1.29, 1.82) is 0 Å². The van der Waals surface area contributed by atoms with Crippen molar-refractivity contribution in [3.05, 3.63) is 11.9 Å². The van der Waals surface area contributed by atoms with E-state index in [1.54, 1.807) is 6.20 Å². The van der Waals surface area contributed by atoms with E-state index in [1.165, 1.54) is 9.58 Å². The van der Waals surface area contributed by atoms with Crippen LogP contribution in [-0.4, -0.2) is 56.3 Å². The van der Waals surface area contributed by atoms with E-state index in [4.69, 9.17) is 0 Å². The fraction of sp³-hybridized carbons (Fsp3) is 0.786. The molecule has 1 saturated heterocycles. The summed E-state index contributed by atoms with van der Waals surface area (Å²) in [6, 6.07) is 0. The molecule has 1 amide bonds. The Bertz CT molecular complexity index is 563. The van der Waals surface area contributed by atoms with Gasteiger partial charge in [-0.25, -0.2) is 4.68 Å². The number of aliphatic hydroxyl groups excluding tert-OH is 1. The summed E-state index contributed by atoms with van der Waals surface area (Å²) in [5, 5.41) is 17.2. The Labute approximate surface area is 131 Å². The van der Waals surface area contributed by atoms with Gasteiger partial charge in [-0.15, -0.1) is 5.10 Å². The number of rotatable bonds is 4. The van der Waals surface area contributed by atoms with Crippen LogP contribution in [0.5, 0.6) is 0 Å². The number of aliphatic hydroxyl groups is 1. The molecule has 2 fully saturated rings. The minimum atomic E-state index is -4.60. The number of aromatic nitrogens is 3. The van der Waals surface area contributed by atoms with E-state index in [9.17, 15) is 23.1 Å². The summed E-state index contributed by atoms with van der Waals surface area (Å²) in [5.41, 5.74) is 0.893. The maximum absolute atomic E-state index is 12.5. The highest BCUT2D eigenvalue weighted by Gasteiger charge is 2.44. The maximum atomic E-state index is 12.5. The van der Waals surface area contributed by atoms with Crippen LogP contribution >= 0.6 is 0 Å². The molecule has 1 aliphatic heterocycles. The van der Waals surface area contributed by atoms with Crippen molar-refractivity contribution in [3.63, 3.8) is 0 Å². The minimum absolute atomic E-state index is 0.0478. The van der Waals surface area contributed by atoms with Crippen LogP contribution < -0.4 is 0 Å². The van der Waals surface area contributed by atoms with Gasteiger partial charge in [-0.2, -0.15) is 13.2 Å². The molecule has 1 saturated carbocycles. The van der Waals surface area contributed by atoms with E-state index in [2.05, 4.69) is 10.3 Å². The molecule has 1 aliphatic carbocycles. The standard InChI is InChI=1S/C14H19F3N4O2/c15-14(16,17)13(23)10-3-5-20(6-4-10)12(22)8-21-7-11(18-19-21)9-1-2-9/h7,9-10,13,23H,1-6,8H2. The highest BCUT2D eigenvalue weighted by molar-refractivity contribution is 5.76. The Morgan fingerprint density at radius 1 is 1.30 bits per heavy atom. The molecular formula is C14H19F3N4O2. The fourth-order valence-corrected chi connectivity index (χ4v) is 2.93. The molecule has 0 radical (unpaired) electrons. The third-order valence-electron chi connectivity index (χ3n) is 4.52. The molecule has 1 aromatic heterocycles. The predicted molar refractivity (Wildman–Crippen MR) is 73.4 cm³/mol. The highest BCUT2D eigenvalue weighted by Crippen LogP contribution is 2.38. The molecule has 1 atom stereocenters. The second-order valence-corrected chi connectivity index (χ2v) is 6.32. The lowest BCUT2D eigenvalue weighted by Gasteiger charge is -2.34. The second kappa shape index (κ2) is 6.10. The van der Waals surface area contributed by atoms with Crippen molar-refractivity contribution < 1.29 is 23.1 Å². The molecule has 2 aliphatic rings. The van der Waals surface area contributed by atoms with Crippen LogP contribution in [0.15, 0.2) is 6.20 Å². The van der Waals surface area contributed by atoms with Gasteiger partial charge >= 0.3 is 6.18 Å². The predicted octanol–water partition coefficient (Wildman–Crippen LogP) is 1.32. The average molecular weight is 332 g/mol. The quantitative estimate of drug-likeness (QED) is 0.903. The molecule has 128 valence electrons. The summed E-state index contributed by atoms with van der Waals surface area (Å²) in [5.74, 6) is -0.567. The van der Waals surface area contributed by atoms with Crippen molar-refractivity contribution >= 4 is 5.91 Å². The fourth-order valence-electron chi connectivity index (χ4n) is 2.93. The molecule has 2 heterocycles. The van der Waals surface area contributed by atoms with Crippen LogP contribution in [0.1, 0.15) is 37.3 Å². The molecule has 0 spiro atoms. The number of hydrogen-bond donors (Lipinski definition) is 1. The van der Waals surface area contributed by atoms with Crippen LogP contribution in [0, 0.1) is 5.92 Å². The number of carbonyl (C=O) groups is 1. The summed E-state index contributed by atoms with van der Waals surface area (Å²) in [6.07, 6.45) is -2.65. The first-order valence-corrected chi connectivity index (χ1v) is 7.77. The number of carbonyl (C=O) groups excluding carboxylic acids is 1. The number of hydrogen-bond acceptors (Lipinski definition) is 4. The highest BCUT2D eigenvalue weighted by atomic mass is 19.4. The average Bonchev–Trinajstić information content (AvgIpc) is 3.26. The van der Waals surface area contributed by atoms with E-state index >= 15 is 0 Å². The van der Waals surface area contributed by atoms with Crippen molar-refractivity contribution in [3.8, 4) is 0 Å². The molecule has 1 aromatic rings. The minimum Gasteiger partial charge on any atom is -0.383 e. The van der Waals surface area contributed by atoms with Gasteiger partial charge in [0.15, 0.2) is 6.10 Å². The first-order chi connectivity index (χ1) is 10.8. The van der Waals surface area contributed by atoms with Gasteiger partial charge in [-0.1, -0.05) is 5.21 Å². The summed E-state index contributed by atoms with van der Waals surface area (Å²) in [4.78, 5) is 13.7. The van der Waals surface area contributed by atoms with Crippen LogP contribution in [0.25, 0.3) is 0 Å². The molecule has 6 nitrogen and oxygen atoms in total. The monoisotopic (exact) mass is 332 g/mol. The first kappa shape index (κ1) is 16.2. The van der Waals surface area contributed by atoms with Crippen molar-refractivity contribution in [2.45, 2.75) is 50.4 Å². The molecule has 23 heavy (non-hydrogen) atoms. The maximum Gasteiger partial charge on any atom is 0.414 e. The smallest absolute Gasteiger partial charge is 0.383 e. The lowest BCUT2D eigenvalue weighted by Crippen LogP contribution is -2.46. The lowest BCUT2D eigenvalue weighted by atomic mass is 9.91. The zero-order valence-electron chi connectivity index (χ0n) is 12.5. The molecule has 9 heteroatoms. The van der Waals surface area contributed by atoms with Gasteiger partial charge in [0.05, 0.1) is 5.69 Å². The van der Waals surface area contributed by atoms with Crippen LogP contribution in [-0.2, 0) is 11.3 Å². The molecule has 1 unspecified atom stereocenters. The number of amides is 1. The number of halogens is 3. The lowest BCUT2D eigenvalue weighted by molar-refractivity contribution is -0.222. The summed E-state index contributed by atoms with van der Waals surface area (Å²) < 4.78 is 39.0. The second-order valence-electron chi connectivity index (χ2n) is 6.32. The van der Waals surface area contributed by atoms with E-state index in [0.29, 0.717) is 5.92 Å². The van der Waals surface area contributed by atoms with E-state index in [-0.39, 0.29) is 38.4 Å². The third-order valence-corrected chi connectivity index (χ3v) is 4.52. The van der Waals surface area contributed by atoms with Crippen LogP contribution in [0.3, 0.4) is 0 Å². The SMILES string of the molecule is O=C(Cn1cc(C2CC2)nn1)N1CCC(C(O)C(F)(F)F)CC1. The molecule has 3 rings (SSSR count). The Morgan fingerprint density at radius 3 is 2.52 bits per heavy atom. The van der Waals surface area contributed by atoms with E-state index < -0.39 is 18.2 Å². The zero-order chi connectivity index (χ0) is 16.6. The van der Waals surface area contributed by atoms with Gasteiger partial charge in [0.1, 0.15) is 6.54 Å². The first-order valence-electron chi connectivity index (χ1n) is 7.77. The molecule has 1 N–H and O–H groups in total. The Morgan fingerprint density at radius 2 is 1.96 bits per heavy atom. The number of piperidine rings is 1. The Kier molecular flexibility index (Phi) is 4.31. The molecule has 0 aromatic carbocycles. The number of nitrogens with zero attached hydrogens (tertiary/aromatic N) is 4. The van der Waals surface area contributed by atoms with Crippen LogP contribution in [0.4, 0.5) is 13.2 Å². The van der Waals surface area contributed by atoms with Crippen molar-refractivity contribution in [1.82, 2.24) is 19.9 Å².